The Morgan fingerprint density at radius 2 is 1.97 bits per heavy atom. The third-order valence-corrected chi connectivity index (χ3v) is 6.43. The Morgan fingerprint density at radius 1 is 1.17 bits per heavy atom. The third-order valence-electron chi connectivity index (χ3n) is 4.79. The molecule has 3 aromatic rings. The van der Waals surface area contributed by atoms with Crippen LogP contribution in [0.5, 0.6) is 0 Å². The first kappa shape index (κ1) is 22.6. The number of unbranched alkanes of at least 4 members (excludes halogenated alkanes) is 3. The van der Waals surface area contributed by atoms with Crippen LogP contribution in [0.2, 0.25) is 0 Å². The molecule has 0 atom stereocenters. The third kappa shape index (κ3) is 5.73. The van der Waals surface area contributed by atoms with Gasteiger partial charge in [-0.1, -0.05) is 56.1 Å². The number of carbonyl (C=O) groups excluding carboxylic acids is 1. The fraction of sp³-hybridized carbons (Fsp3) is 0.348. The van der Waals surface area contributed by atoms with E-state index in [1.54, 1.807) is 4.57 Å². The number of hydrogen-bond donors (Lipinski definition) is 1. The summed E-state index contributed by atoms with van der Waals surface area (Å²) in [7, 11) is 0. The lowest BCUT2D eigenvalue weighted by Gasteiger charge is -2.13. The largest absolute Gasteiger partial charge is 0.324 e. The number of nitrogens with one attached hydrogen (secondary N) is 1. The van der Waals surface area contributed by atoms with Gasteiger partial charge in [-0.3, -0.25) is 14.2 Å². The van der Waals surface area contributed by atoms with Gasteiger partial charge in [-0.2, -0.15) is 0 Å². The van der Waals surface area contributed by atoms with Crippen molar-refractivity contribution in [1.29, 1.82) is 0 Å². The summed E-state index contributed by atoms with van der Waals surface area (Å²) in [5.41, 5.74) is 2.47. The summed E-state index contributed by atoms with van der Waals surface area (Å²) in [4.78, 5) is 30.2. The Hall–Kier alpha value is -2.12. The number of thioether (sulfide) groups is 1. The lowest BCUT2D eigenvalue weighted by atomic mass is 10.2. The number of carbonyl (C=O) groups is 1. The zero-order valence-electron chi connectivity index (χ0n) is 17.3. The minimum absolute atomic E-state index is 0.0405. The van der Waals surface area contributed by atoms with Crippen molar-refractivity contribution in [3.05, 3.63) is 62.9 Å². The Bertz CT molecular complexity index is 1100. The first-order chi connectivity index (χ1) is 14.5. The fourth-order valence-corrected chi connectivity index (χ4v) is 4.61. The number of halogens is 1. The lowest BCUT2D eigenvalue weighted by Crippen LogP contribution is -2.24. The first-order valence-corrected chi connectivity index (χ1v) is 12.0. The van der Waals surface area contributed by atoms with Crippen molar-refractivity contribution < 1.29 is 4.79 Å². The molecule has 158 valence electrons. The van der Waals surface area contributed by atoms with E-state index in [4.69, 9.17) is 0 Å². The summed E-state index contributed by atoms with van der Waals surface area (Å²) in [6.07, 6.45) is 4.28. The average molecular weight is 488 g/mol. The van der Waals surface area contributed by atoms with Crippen LogP contribution < -0.4 is 10.9 Å². The van der Waals surface area contributed by atoms with Crippen molar-refractivity contribution in [3.8, 4) is 0 Å². The Morgan fingerprint density at radius 3 is 2.73 bits per heavy atom. The molecule has 30 heavy (non-hydrogen) atoms. The minimum atomic E-state index is -0.135. The Kier molecular flexibility index (Phi) is 8.10. The Labute approximate surface area is 189 Å². The van der Waals surface area contributed by atoms with Crippen LogP contribution in [0.15, 0.2) is 56.9 Å². The van der Waals surface area contributed by atoms with Crippen molar-refractivity contribution >= 4 is 50.2 Å². The van der Waals surface area contributed by atoms with Gasteiger partial charge in [-0.15, -0.1) is 0 Å². The molecule has 0 unspecified atom stereocenters. The van der Waals surface area contributed by atoms with Crippen molar-refractivity contribution in [1.82, 2.24) is 9.55 Å². The van der Waals surface area contributed by atoms with E-state index >= 15 is 0 Å². The van der Waals surface area contributed by atoms with Gasteiger partial charge in [0.15, 0.2) is 5.16 Å². The molecule has 0 saturated carbocycles. The van der Waals surface area contributed by atoms with Gasteiger partial charge in [-0.25, -0.2) is 4.98 Å². The summed E-state index contributed by atoms with van der Waals surface area (Å²) in [5, 5.41) is 4.12. The van der Waals surface area contributed by atoms with Crippen molar-refractivity contribution in [2.45, 2.75) is 51.2 Å². The van der Waals surface area contributed by atoms with Crippen molar-refractivity contribution in [2.75, 3.05) is 11.1 Å². The normalized spacial score (nSPS) is 11.0. The molecule has 1 aromatic heterocycles. The van der Waals surface area contributed by atoms with Crippen LogP contribution in [-0.2, 0) is 11.3 Å². The van der Waals surface area contributed by atoms with E-state index in [9.17, 15) is 9.59 Å². The maximum atomic E-state index is 13.0. The topological polar surface area (TPSA) is 64.0 Å². The maximum Gasteiger partial charge on any atom is 0.262 e. The highest BCUT2D eigenvalue weighted by Crippen LogP contribution is 2.24. The zero-order valence-corrected chi connectivity index (χ0v) is 19.7. The molecule has 0 saturated heterocycles. The number of aromatic nitrogens is 2. The number of hydrogen-bond acceptors (Lipinski definition) is 4. The highest BCUT2D eigenvalue weighted by atomic mass is 79.9. The highest BCUT2D eigenvalue weighted by molar-refractivity contribution is 9.10. The van der Waals surface area contributed by atoms with Crippen LogP contribution in [-0.4, -0.2) is 21.2 Å². The summed E-state index contributed by atoms with van der Waals surface area (Å²) in [5.74, 6) is 0.0459. The van der Waals surface area contributed by atoms with E-state index in [-0.39, 0.29) is 17.2 Å². The number of aryl methyl sites for hydroxylation is 1. The van der Waals surface area contributed by atoms with E-state index in [2.05, 4.69) is 33.2 Å². The molecule has 0 aliphatic heterocycles. The van der Waals surface area contributed by atoms with Crippen LogP contribution in [0.4, 0.5) is 5.69 Å². The quantitative estimate of drug-likeness (QED) is 0.236. The van der Waals surface area contributed by atoms with E-state index in [1.165, 1.54) is 11.8 Å². The molecule has 1 amide bonds. The van der Waals surface area contributed by atoms with E-state index in [1.807, 2.05) is 49.4 Å². The molecule has 0 fully saturated rings. The zero-order chi connectivity index (χ0) is 21.5. The molecule has 7 heteroatoms. The maximum absolute atomic E-state index is 13.0. The van der Waals surface area contributed by atoms with Crippen LogP contribution in [0.3, 0.4) is 0 Å². The second-order valence-electron chi connectivity index (χ2n) is 7.25. The molecule has 2 aromatic carbocycles. The molecule has 5 nitrogen and oxygen atoms in total. The summed E-state index contributed by atoms with van der Waals surface area (Å²) in [6, 6.07) is 13.2. The molecule has 1 heterocycles. The monoisotopic (exact) mass is 487 g/mol. The number of benzene rings is 2. The fourth-order valence-electron chi connectivity index (χ4n) is 3.19. The van der Waals surface area contributed by atoms with Gasteiger partial charge >= 0.3 is 0 Å². The standard InChI is InChI=1S/C23H26BrN3O2S/c1-3-4-5-8-13-27-22(29)17-9-6-7-10-19(17)26-23(27)30-15-21(28)25-20-12-11-16(2)14-18(20)24/h6-7,9-12,14H,3-5,8,13,15H2,1-2H3,(H,25,28). The molecule has 3 rings (SSSR count). The van der Waals surface area contributed by atoms with Crippen LogP contribution in [0.1, 0.15) is 38.2 Å². The number of nitrogens with zero attached hydrogens (tertiary/aromatic N) is 2. The number of para-hydroxylation sites is 1. The molecule has 0 radical (unpaired) electrons. The van der Waals surface area contributed by atoms with Crippen molar-refractivity contribution in [2.24, 2.45) is 0 Å². The second-order valence-corrected chi connectivity index (χ2v) is 9.05. The van der Waals surface area contributed by atoms with Crippen LogP contribution >= 0.6 is 27.7 Å². The summed E-state index contributed by atoms with van der Waals surface area (Å²) < 4.78 is 2.56. The van der Waals surface area contributed by atoms with Crippen molar-refractivity contribution in [3.63, 3.8) is 0 Å². The molecule has 0 aliphatic rings. The molecule has 1 N–H and O–H groups in total. The van der Waals surface area contributed by atoms with Gasteiger partial charge in [0.25, 0.3) is 5.56 Å². The number of amides is 1. The molecular weight excluding hydrogens is 462 g/mol. The van der Waals surface area contributed by atoms with Gasteiger partial charge in [0.2, 0.25) is 5.91 Å². The first-order valence-electron chi connectivity index (χ1n) is 10.2. The van der Waals surface area contributed by atoms with Gasteiger partial charge < -0.3 is 5.32 Å². The van der Waals surface area contributed by atoms with Crippen LogP contribution in [0, 0.1) is 6.92 Å². The van der Waals surface area contributed by atoms with Gasteiger partial charge in [-0.05, 0) is 59.1 Å². The van der Waals surface area contributed by atoms with Crippen LogP contribution in [0.25, 0.3) is 10.9 Å². The highest BCUT2D eigenvalue weighted by Gasteiger charge is 2.14. The summed E-state index contributed by atoms with van der Waals surface area (Å²) >= 11 is 4.78. The predicted octanol–water partition coefficient (Wildman–Crippen LogP) is 5.78. The molecule has 0 aliphatic carbocycles. The number of rotatable bonds is 9. The predicted molar refractivity (Wildman–Crippen MR) is 128 cm³/mol. The number of fused-ring (bicyclic) bond motifs is 1. The second kappa shape index (κ2) is 10.8. The van der Waals surface area contributed by atoms with E-state index in [0.29, 0.717) is 22.6 Å². The molecular formula is C23H26BrN3O2S. The minimum Gasteiger partial charge on any atom is -0.324 e. The van der Waals surface area contributed by atoms with Gasteiger partial charge in [0.1, 0.15) is 0 Å². The summed E-state index contributed by atoms with van der Waals surface area (Å²) in [6.45, 7) is 4.78. The average Bonchev–Trinajstić information content (AvgIpc) is 2.73. The van der Waals surface area contributed by atoms with Gasteiger partial charge in [0.05, 0.1) is 22.3 Å². The van der Waals surface area contributed by atoms with Gasteiger partial charge in [0, 0.05) is 11.0 Å². The van der Waals surface area contributed by atoms with E-state index in [0.717, 1.165) is 41.4 Å². The smallest absolute Gasteiger partial charge is 0.262 e. The lowest BCUT2D eigenvalue weighted by molar-refractivity contribution is -0.113. The Balaban J connectivity index is 1.77. The van der Waals surface area contributed by atoms with E-state index < -0.39 is 0 Å². The molecule has 0 bridgehead atoms. The SMILES string of the molecule is CCCCCCn1c(SCC(=O)Nc2ccc(C)cc2Br)nc2ccccc2c1=O. The molecule has 0 spiro atoms. The number of anilines is 1.